The zero-order chi connectivity index (χ0) is 26.0. The molecule has 0 spiro atoms. The van der Waals surface area contributed by atoms with Gasteiger partial charge in [0.05, 0.1) is 12.0 Å². The second-order valence-electron chi connectivity index (χ2n) is 11.4. The largest absolute Gasteiger partial charge is 0.450 e. The first kappa shape index (κ1) is 26.1. The maximum absolute atomic E-state index is 17.2. The van der Waals surface area contributed by atoms with Crippen LogP contribution >= 0.6 is 0 Å². The van der Waals surface area contributed by atoms with Crippen molar-refractivity contribution in [1.82, 2.24) is 0 Å². The van der Waals surface area contributed by atoms with Gasteiger partial charge in [-0.3, -0.25) is 14.4 Å². The number of alkyl halides is 2. The molecule has 35 heavy (non-hydrogen) atoms. The standard InChI is InChI=1S/C27H36F2O6/c1-5-6-15(2)23(34)35-26(22(33)14-30)10-8-17-18-12-20(28)19-11-16(31)7-9-24(19,3)27(18,29)21(32)13-25(17,26)4/h7,9,11,15,17-18,20-21,30,32H,5-6,8,10,12-14H2,1-4H3/t15?,17-,18-,20-,21?,24-,25-,26-,27-/m0/s1. The van der Waals surface area contributed by atoms with E-state index in [9.17, 15) is 24.6 Å². The lowest BCUT2D eigenvalue weighted by Crippen LogP contribution is -2.70. The third kappa shape index (κ3) is 3.35. The average Bonchev–Trinajstić information content (AvgIpc) is 3.09. The van der Waals surface area contributed by atoms with E-state index in [0.717, 1.165) is 12.5 Å². The maximum Gasteiger partial charge on any atom is 0.309 e. The topological polar surface area (TPSA) is 101 Å². The van der Waals surface area contributed by atoms with Gasteiger partial charge in [0, 0.05) is 16.7 Å². The molecule has 0 aromatic carbocycles. The predicted octanol–water partition coefficient (Wildman–Crippen LogP) is 3.58. The van der Waals surface area contributed by atoms with Crippen molar-refractivity contribution in [2.75, 3.05) is 6.61 Å². The van der Waals surface area contributed by atoms with E-state index < -0.39 is 76.3 Å². The molecule has 3 saturated carbocycles. The number of hydrogen-bond acceptors (Lipinski definition) is 6. The Morgan fingerprint density at radius 3 is 2.60 bits per heavy atom. The fourth-order valence-corrected chi connectivity index (χ4v) is 7.83. The number of aliphatic hydroxyl groups is 2. The van der Waals surface area contributed by atoms with Crippen molar-refractivity contribution in [3.05, 3.63) is 23.8 Å². The van der Waals surface area contributed by atoms with Crippen molar-refractivity contribution in [3.63, 3.8) is 0 Å². The number of allylic oxidation sites excluding steroid dienone is 4. The Labute approximate surface area is 204 Å². The van der Waals surface area contributed by atoms with Crippen molar-refractivity contribution in [3.8, 4) is 0 Å². The smallest absolute Gasteiger partial charge is 0.309 e. The van der Waals surface area contributed by atoms with Crippen molar-refractivity contribution in [2.24, 2.45) is 28.6 Å². The molecule has 2 unspecified atom stereocenters. The molecule has 3 fully saturated rings. The van der Waals surface area contributed by atoms with Crippen molar-refractivity contribution >= 4 is 17.5 Å². The Hall–Kier alpha value is -1.93. The monoisotopic (exact) mass is 494 g/mol. The predicted molar refractivity (Wildman–Crippen MR) is 124 cm³/mol. The van der Waals surface area contributed by atoms with Crippen LogP contribution in [0.5, 0.6) is 0 Å². The van der Waals surface area contributed by atoms with E-state index in [4.69, 9.17) is 4.74 Å². The zero-order valence-electron chi connectivity index (χ0n) is 20.9. The van der Waals surface area contributed by atoms with E-state index in [1.54, 1.807) is 13.8 Å². The molecule has 0 bridgehead atoms. The summed E-state index contributed by atoms with van der Waals surface area (Å²) in [6, 6.07) is 0. The first-order chi connectivity index (χ1) is 16.3. The van der Waals surface area contributed by atoms with Gasteiger partial charge in [-0.15, -0.1) is 0 Å². The SMILES string of the molecule is CCCC(C)C(=O)O[C@]1(C(=O)CO)CC[C@H]2[C@@H]3C[C@H](F)C4=CC(=O)C=C[C@]4(C)[C@@]3(F)C(O)C[C@@]21C. The Kier molecular flexibility index (Phi) is 6.41. The van der Waals surface area contributed by atoms with E-state index in [-0.39, 0.29) is 31.3 Å². The summed E-state index contributed by atoms with van der Waals surface area (Å²) in [5, 5.41) is 21.2. The van der Waals surface area contributed by atoms with Gasteiger partial charge in [0.1, 0.15) is 12.8 Å². The molecule has 0 heterocycles. The lowest BCUT2D eigenvalue weighted by molar-refractivity contribution is -0.230. The first-order valence-electron chi connectivity index (χ1n) is 12.7. The first-order valence-corrected chi connectivity index (χ1v) is 12.7. The third-order valence-corrected chi connectivity index (χ3v) is 9.74. The second-order valence-corrected chi connectivity index (χ2v) is 11.4. The van der Waals surface area contributed by atoms with Crippen LogP contribution in [-0.4, -0.2) is 57.9 Å². The summed E-state index contributed by atoms with van der Waals surface area (Å²) < 4.78 is 38.6. The molecule has 0 aliphatic heterocycles. The number of hydrogen-bond donors (Lipinski definition) is 2. The Morgan fingerprint density at radius 2 is 1.97 bits per heavy atom. The number of esters is 1. The number of carbonyl (C=O) groups excluding carboxylic acids is 3. The summed E-state index contributed by atoms with van der Waals surface area (Å²) in [6.45, 7) is 5.98. The highest BCUT2D eigenvalue weighted by Crippen LogP contribution is 2.70. The van der Waals surface area contributed by atoms with Gasteiger partial charge in [0.15, 0.2) is 17.1 Å². The molecule has 0 radical (unpaired) electrons. The zero-order valence-corrected chi connectivity index (χ0v) is 20.9. The van der Waals surface area contributed by atoms with E-state index in [2.05, 4.69) is 0 Å². The number of rotatable bonds is 6. The molecule has 4 aliphatic rings. The summed E-state index contributed by atoms with van der Waals surface area (Å²) in [6.07, 6.45) is 1.72. The second kappa shape index (κ2) is 8.58. The van der Waals surface area contributed by atoms with Crippen LogP contribution < -0.4 is 0 Å². The van der Waals surface area contributed by atoms with Gasteiger partial charge >= 0.3 is 5.97 Å². The Bertz CT molecular complexity index is 992. The minimum Gasteiger partial charge on any atom is -0.450 e. The van der Waals surface area contributed by atoms with Crippen LogP contribution in [0.15, 0.2) is 23.8 Å². The van der Waals surface area contributed by atoms with E-state index in [1.807, 2.05) is 6.92 Å². The summed E-state index contributed by atoms with van der Waals surface area (Å²) >= 11 is 0. The Morgan fingerprint density at radius 1 is 1.29 bits per heavy atom. The maximum atomic E-state index is 17.2. The van der Waals surface area contributed by atoms with E-state index in [0.29, 0.717) is 6.42 Å². The molecule has 8 heteroatoms. The van der Waals surface area contributed by atoms with Gasteiger partial charge in [-0.2, -0.15) is 0 Å². The number of fused-ring (bicyclic) bond motifs is 5. The van der Waals surface area contributed by atoms with Gasteiger partial charge in [0.2, 0.25) is 5.78 Å². The molecule has 194 valence electrons. The van der Waals surface area contributed by atoms with Gasteiger partial charge in [-0.25, -0.2) is 8.78 Å². The molecule has 4 rings (SSSR count). The Balaban J connectivity index is 1.79. The summed E-state index contributed by atoms with van der Waals surface area (Å²) in [5.41, 5.74) is -6.69. The van der Waals surface area contributed by atoms with Crippen LogP contribution in [0.3, 0.4) is 0 Å². The highest BCUT2D eigenvalue weighted by atomic mass is 19.1. The number of aliphatic hydroxyl groups excluding tert-OH is 2. The number of ketones is 2. The van der Waals surface area contributed by atoms with E-state index >= 15 is 8.78 Å². The minimum atomic E-state index is -2.28. The quantitative estimate of drug-likeness (QED) is 0.548. The minimum absolute atomic E-state index is 0.0296. The number of carbonyl (C=O) groups is 3. The lowest BCUT2D eigenvalue weighted by atomic mass is 9.44. The van der Waals surface area contributed by atoms with Crippen molar-refractivity contribution in [1.29, 1.82) is 0 Å². The van der Waals surface area contributed by atoms with Crippen LogP contribution in [0.2, 0.25) is 0 Å². The van der Waals surface area contributed by atoms with Crippen LogP contribution in [-0.2, 0) is 19.1 Å². The van der Waals surface area contributed by atoms with Gasteiger partial charge in [-0.05, 0) is 62.7 Å². The molecular formula is C27H36F2O6. The van der Waals surface area contributed by atoms with Crippen molar-refractivity contribution < 1.29 is 38.1 Å². The van der Waals surface area contributed by atoms with Gasteiger partial charge < -0.3 is 14.9 Å². The van der Waals surface area contributed by atoms with Gasteiger partial charge in [-0.1, -0.05) is 33.3 Å². The molecule has 4 aliphatic carbocycles. The normalized spacial score (nSPS) is 45.1. The van der Waals surface area contributed by atoms with E-state index in [1.165, 1.54) is 19.1 Å². The molecular weight excluding hydrogens is 458 g/mol. The third-order valence-electron chi connectivity index (χ3n) is 9.74. The van der Waals surface area contributed by atoms with Crippen LogP contribution in [0, 0.1) is 28.6 Å². The van der Waals surface area contributed by atoms with Crippen LogP contribution in [0.4, 0.5) is 8.78 Å². The van der Waals surface area contributed by atoms with Crippen LogP contribution in [0.1, 0.15) is 66.2 Å². The molecule has 2 N–H and O–H groups in total. The number of halogens is 2. The summed E-state index contributed by atoms with van der Waals surface area (Å²) in [4.78, 5) is 38.2. The number of ether oxygens (including phenoxy) is 1. The highest BCUT2D eigenvalue weighted by Gasteiger charge is 2.76. The average molecular weight is 495 g/mol. The number of Topliss-reactive ketones (excluding diaryl/α,β-unsaturated/α-hetero) is 1. The molecule has 6 nitrogen and oxygen atoms in total. The molecule has 9 atom stereocenters. The highest BCUT2D eigenvalue weighted by molar-refractivity contribution is 6.01. The lowest BCUT2D eigenvalue weighted by Gasteiger charge is -2.63. The molecule has 0 aromatic heterocycles. The molecule has 0 amide bonds. The molecule has 0 saturated heterocycles. The van der Waals surface area contributed by atoms with Crippen LogP contribution in [0.25, 0.3) is 0 Å². The molecule has 0 aromatic rings. The van der Waals surface area contributed by atoms with Crippen molar-refractivity contribution in [2.45, 2.75) is 89.8 Å². The fraction of sp³-hybridized carbons (Fsp3) is 0.741. The summed E-state index contributed by atoms with van der Waals surface area (Å²) in [5.74, 6) is -3.70. The van der Waals surface area contributed by atoms with Gasteiger partial charge in [0.25, 0.3) is 0 Å². The summed E-state index contributed by atoms with van der Waals surface area (Å²) in [7, 11) is 0. The fourth-order valence-electron chi connectivity index (χ4n) is 7.83.